The molecular formula is C14H12N2O2. The van der Waals surface area contributed by atoms with Crippen LogP contribution in [-0.4, -0.2) is 20.2 Å². The van der Waals surface area contributed by atoms with E-state index in [4.69, 9.17) is 0 Å². The van der Waals surface area contributed by atoms with E-state index in [1.54, 1.807) is 24.3 Å². The lowest BCUT2D eigenvalue weighted by Crippen LogP contribution is -1.92. The maximum absolute atomic E-state index is 9.91. The van der Waals surface area contributed by atoms with Gasteiger partial charge in [-0.25, -0.2) is 9.97 Å². The molecule has 0 aliphatic carbocycles. The van der Waals surface area contributed by atoms with Crippen molar-refractivity contribution in [2.24, 2.45) is 0 Å². The predicted molar refractivity (Wildman–Crippen MR) is 69.8 cm³/mol. The van der Waals surface area contributed by atoms with E-state index in [-0.39, 0.29) is 11.5 Å². The highest BCUT2D eigenvalue weighted by Gasteiger charge is 2.10. The van der Waals surface area contributed by atoms with Crippen LogP contribution in [0, 0.1) is 13.8 Å². The molecule has 0 unspecified atom stereocenters. The summed E-state index contributed by atoms with van der Waals surface area (Å²) in [6, 6.07) is 6.67. The van der Waals surface area contributed by atoms with Crippen LogP contribution in [0.1, 0.15) is 11.1 Å². The standard InChI is InChI=1S/C14H12N2O2/c1-7-5-12-13(8(2)14(7)18)16-10-4-3-9(17)6-11(10)15-12/h3-6,17-18H,1-2H3. The number of hydrogen-bond donors (Lipinski definition) is 2. The number of aromatic nitrogens is 2. The van der Waals surface area contributed by atoms with E-state index in [2.05, 4.69) is 9.97 Å². The molecule has 0 saturated carbocycles. The number of aryl methyl sites for hydroxylation is 2. The van der Waals surface area contributed by atoms with Gasteiger partial charge in [-0.3, -0.25) is 0 Å². The zero-order chi connectivity index (χ0) is 12.9. The minimum atomic E-state index is 0.170. The van der Waals surface area contributed by atoms with Crippen LogP contribution >= 0.6 is 0 Å². The van der Waals surface area contributed by atoms with Gasteiger partial charge in [0.25, 0.3) is 0 Å². The van der Waals surface area contributed by atoms with Crippen LogP contribution in [-0.2, 0) is 0 Å². The molecular weight excluding hydrogens is 228 g/mol. The van der Waals surface area contributed by atoms with Gasteiger partial charge < -0.3 is 10.2 Å². The summed E-state index contributed by atoms with van der Waals surface area (Å²) in [5.74, 6) is 0.429. The van der Waals surface area contributed by atoms with Crippen molar-refractivity contribution < 1.29 is 10.2 Å². The van der Waals surface area contributed by atoms with Gasteiger partial charge in [-0.1, -0.05) is 0 Å². The summed E-state index contributed by atoms with van der Waals surface area (Å²) in [6.07, 6.45) is 0. The van der Waals surface area contributed by atoms with Crippen molar-refractivity contribution in [2.45, 2.75) is 13.8 Å². The van der Waals surface area contributed by atoms with E-state index in [1.807, 2.05) is 13.8 Å². The molecule has 0 aliphatic rings. The highest BCUT2D eigenvalue weighted by molar-refractivity contribution is 5.90. The first-order valence-corrected chi connectivity index (χ1v) is 5.66. The van der Waals surface area contributed by atoms with Gasteiger partial charge in [-0.05, 0) is 37.6 Å². The van der Waals surface area contributed by atoms with Gasteiger partial charge in [0.2, 0.25) is 0 Å². The summed E-state index contributed by atoms with van der Waals surface area (Å²) in [5.41, 5.74) is 4.26. The third kappa shape index (κ3) is 1.46. The number of benzene rings is 2. The largest absolute Gasteiger partial charge is 0.508 e. The van der Waals surface area contributed by atoms with Crippen LogP contribution < -0.4 is 0 Å². The average molecular weight is 240 g/mol. The van der Waals surface area contributed by atoms with E-state index in [9.17, 15) is 10.2 Å². The van der Waals surface area contributed by atoms with Crippen molar-refractivity contribution in [1.82, 2.24) is 9.97 Å². The van der Waals surface area contributed by atoms with Gasteiger partial charge >= 0.3 is 0 Å². The van der Waals surface area contributed by atoms with Gasteiger partial charge in [-0.15, -0.1) is 0 Å². The normalized spacial score (nSPS) is 11.2. The number of phenolic OH excluding ortho intramolecular Hbond substituents is 2. The van der Waals surface area contributed by atoms with E-state index in [0.717, 1.165) is 16.6 Å². The van der Waals surface area contributed by atoms with E-state index in [1.165, 1.54) is 0 Å². The fourth-order valence-corrected chi connectivity index (χ4v) is 2.11. The highest BCUT2D eigenvalue weighted by Crippen LogP contribution is 2.29. The Labute approximate surface area is 104 Å². The van der Waals surface area contributed by atoms with E-state index in [0.29, 0.717) is 16.6 Å². The molecule has 1 heterocycles. The Kier molecular flexibility index (Phi) is 2.13. The molecule has 1 aromatic heterocycles. The summed E-state index contributed by atoms with van der Waals surface area (Å²) < 4.78 is 0. The summed E-state index contributed by atoms with van der Waals surface area (Å²) >= 11 is 0. The van der Waals surface area contributed by atoms with Crippen molar-refractivity contribution in [3.05, 3.63) is 35.4 Å². The smallest absolute Gasteiger partial charge is 0.123 e. The van der Waals surface area contributed by atoms with Crippen LogP contribution in [0.2, 0.25) is 0 Å². The molecule has 4 heteroatoms. The first kappa shape index (κ1) is 10.8. The van der Waals surface area contributed by atoms with E-state index >= 15 is 0 Å². The first-order valence-electron chi connectivity index (χ1n) is 5.66. The minimum absolute atomic E-state index is 0.170. The second-order valence-corrected chi connectivity index (χ2v) is 4.43. The molecule has 0 aliphatic heterocycles. The molecule has 0 spiro atoms. The lowest BCUT2D eigenvalue weighted by atomic mass is 10.1. The van der Waals surface area contributed by atoms with Gasteiger partial charge in [0.1, 0.15) is 11.5 Å². The van der Waals surface area contributed by atoms with Gasteiger partial charge in [0, 0.05) is 11.6 Å². The van der Waals surface area contributed by atoms with Gasteiger partial charge in [-0.2, -0.15) is 0 Å². The van der Waals surface area contributed by atoms with Crippen molar-refractivity contribution in [2.75, 3.05) is 0 Å². The summed E-state index contributed by atoms with van der Waals surface area (Å²) in [5, 5.41) is 19.4. The Bertz CT molecular complexity index is 782. The van der Waals surface area contributed by atoms with Crippen molar-refractivity contribution >= 4 is 22.1 Å². The molecule has 0 saturated heterocycles. The summed E-state index contributed by atoms with van der Waals surface area (Å²) in [6.45, 7) is 3.65. The maximum Gasteiger partial charge on any atom is 0.123 e. The number of phenols is 2. The molecule has 90 valence electrons. The third-order valence-electron chi connectivity index (χ3n) is 3.11. The van der Waals surface area contributed by atoms with E-state index < -0.39 is 0 Å². The molecule has 0 radical (unpaired) electrons. The Morgan fingerprint density at radius 2 is 1.67 bits per heavy atom. The van der Waals surface area contributed by atoms with Crippen LogP contribution in [0.4, 0.5) is 0 Å². The summed E-state index contributed by atoms with van der Waals surface area (Å²) in [7, 11) is 0. The Balaban J connectivity index is 2.49. The maximum atomic E-state index is 9.91. The Morgan fingerprint density at radius 1 is 0.889 bits per heavy atom. The third-order valence-corrected chi connectivity index (χ3v) is 3.11. The molecule has 3 rings (SSSR count). The average Bonchev–Trinajstić information content (AvgIpc) is 2.34. The fourth-order valence-electron chi connectivity index (χ4n) is 2.11. The Morgan fingerprint density at radius 3 is 2.44 bits per heavy atom. The number of fused-ring (bicyclic) bond motifs is 2. The predicted octanol–water partition coefficient (Wildman–Crippen LogP) is 2.81. The van der Waals surface area contributed by atoms with Crippen molar-refractivity contribution in [3.63, 3.8) is 0 Å². The number of aromatic hydroxyl groups is 2. The topological polar surface area (TPSA) is 66.2 Å². The number of hydrogen-bond acceptors (Lipinski definition) is 4. The second-order valence-electron chi connectivity index (χ2n) is 4.43. The molecule has 4 nitrogen and oxygen atoms in total. The van der Waals surface area contributed by atoms with Gasteiger partial charge in [0.05, 0.1) is 22.1 Å². The monoisotopic (exact) mass is 240 g/mol. The van der Waals surface area contributed by atoms with Crippen LogP contribution in [0.5, 0.6) is 11.5 Å². The lowest BCUT2D eigenvalue weighted by Gasteiger charge is -2.08. The van der Waals surface area contributed by atoms with Crippen LogP contribution in [0.15, 0.2) is 24.3 Å². The lowest BCUT2D eigenvalue weighted by molar-refractivity contribution is 0.468. The molecule has 2 aromatic carbocycles. The fraction of sp³-hybridized carbons (Fsp3) is 0.143. The minimum Gasteiger partial charge on any atom is -0.508 e. The molecule has 18 heavy (non-hydrogen) atoms. The zero-order valence-corrected chi connectivity index (χ0v) is 10.1. The number of nitrogens with zero attached hydrogens (tertiary/aromatic N) is 2. The van der Waals surface area contributed by atoms with Crippen LogP contribution in [0.25, 0.3) is 22.1 Å². The first-order chi connectivity index (χ1) is 8.56. The summed E-state index contributed by atoms with van der Waals surface area (Å²) in [4.78, 5) is 8.95. The molecule has 0 amide bonds. The highest BCUT2D eigenvalue weighted by atomic mass is 16.3. The van der Waals surface area contributed by atoms with Gasteiger partial charge in [0.15, 0.2) is 0 Å². The quantitative estimate of drug-likeness (QED) is 0.593. The van der Waals surface area contributed by atoms with Crippen molar-refractivity contribution in [1.29, 1.82) is 0 Å². The molecule has 3 aromatic rings. The van der Waals surface area contributed by atoms with Crippen molar-refractivity contribution in [3.8, 4) is 11.5 Å². The zero-order valence-electron chi connectivity index (χ0n) is 10.1. The number of rotatable bonds is 0. The molecule has 0 atom stereocenters. The second kappa shape index (κ2) is 3.57. The SMILES string of the molecule is Cc1cc2nc3cc(O)ccc3nc2c(C)c1O. The molecule has 2 N–H and O–H groups in total. The van der Waals surface area contributed by atoms with Crippen LogP contribution in [0.3, 0.4) is 0 Å². The molecule has 0 fully saturated rings. The molecule has 0 bridgehead atoms. The Hall–Kier alpha value is -2.36.